The number of benzene rings is 1. The first-order valence-electron chi connectivity index (χ1n) is 5.65. The largest absolute Gasteiger partial charge is 0.496 e. The van der Waals surface area contributed by atoms with Gasteiger partial charge in [0, 0.05) is 19.1 Å². The molecule has 90 valence electrons. The van der Waals surface area contributed by atoms with Crippen molar-refractivity contribution in [2.24, 2.45) is 5.73 Å². The quantitative estimate of drug-likeness (QED) is 0.798. The van der Waals surface area contributed by atoms with Crippen LogP contribution in [-0.4, -0.2) is 19.7 Å². The zero-order chi connectivity index (χ0) is 12.1. The molecule has 0 aromatic heterocycles. The molecule has 0 aliphatic rings. The van der Waals surface area contributed by atoms with Crippen molar-refractivity contribution in [3.05, 3.63) is 28.8 Å². The van der Waals surface area contributed by atoms with Gasteiger partial charge in [0.05, 0.1) is 7.11 Å². The minimum Gasteiger partial charge on any atom is -0.496 e. The molecule has 0 heterocycles. The summed E-state index contributed by atoms with van der Waals surface area (Å²) in [5.41, 5.74) is 9.41. The fraction of sp³-hybridized carbons (Fsp3) is 0.538. The number of hydrogen-bond acceptors (Lipinski definition) is 3. The van der Waals surface area contributed by atoms with Crippen molar-refractivity contribution >= 4 is 0 Å². The van der Waals surface area contributed by atoms with Gasteiger partial charge in [0.2, 0.25) is 0 Å². The van der Waals surface area contributed by atoms with Crippen LogP contribution in [0.25, 0.3) is 0 Å². The summed E-state index contributed by atoms with van der Waals surface area (Å²) in [6.45, 7) is 7.86. The Morgan fingerprint density at radius 2 is 2.00 bits per heavy atom. The molecule has 0 amide bonds. The molecule has 0 saturated carbocycles. The van der Waals surface area contributed by atoms with E-state index in [2.05, 4.69) is 31.3 Å². The lowest BCUT2D eigenvalue weighted by atomic mass is 10.0. The minimum absolute atomic E-state index is 0.194. The van der Waals surface area contributed by atoms with Crippen LogP contribution in [0.1, 0.15) is 23.6 Å². The van der Waals surface area contributed by atoms with Gasteiger partial charge in [-0.3, -0.25) is 0 Å². The lowest BCUT2D eigenvalue weighted by Crippen LogP contribution is -2.30. The lowest BCUT2D eigenvalue weighted by molar-refractivity contribution is 0.411. The molecule has 3 heteroatoms. The third-order valence-corrected chi connectivity index (χ3v) is 2.64. The molecule has 0 spiro atoms. The van der Waals surface area contributed by atoms with Gasteiger partial charge >= 0.3 is 0 Å². The van der Waals surface area contributed by atoms with Crippen LogP contribution in [-0.2, 0) is 6.54 Å². The van der Waals surface area contributed by atoms with E-state index in [9.17, 15) is 0 Å². The molecular weight excluding hydrogens is 200 g/mol. The number of methoxy groups -OCH3 is 1. The summed E-state index contributed by atoms with van der Waals surface area (Å²) in [5, 5.41) is 3.34. The van der Waals surface area contributed by atoms with E-state index in [4.69, 9.17) is 10.5 Å². The molecule has 1 aromatic carbocycles. The molecule has 0 aliphatic carbocycles. The van der Waals surface area contributed by atoms with Gasteiger partial charge in [-0.15, -0.1) is 0 Å². The lowest BCUT2D eigenvalue weighted by Gasteiger charge is -2.13. The van der Waals surface area contributed by atoms with Crippen LogP contribution in [0.15, 0.2) is 12.1 Å². The van der Waals surface area contributed by atoms with Gasteiger partial charge in [-0.1, -0.05) is 6.07 Å². The Labute approximate surface area is 98.0 Å². The van der Waals surface area contributed by atoms with Crippen LogP contribution < -0.4 is 15.8 Å². The summed E-state index contributed by atoms with van der Waals surface area (Å²) in [5.74, 6) is 0.952. The topological polar surface area (TPSA) is 47.3 Å². The van der Waals surface area contributed by atoms with Crippen LogP contribution >= 0.6 is 0 Å². The van der Waals surface area contributed by atoms with Gasteiger partial charge in [0.25, 0.3) is 0 Å². The maximum absolute atomic E-state index is 5.69. The smallest absolute Gasteiger partial charge is 0.122 e. The Kier molecular flexibility index (Phi) is 4.77. The van der Waals surface area contributed by atoms with Gasteiger partial charge in [-0.05, 0) is 43.5 Å². The van der Waals surface area contributed by atoms with Crippen LogP contribution in [0, 0.1) is 13.8 Å². The summed E-state index contributed by atoms with van der Waals surface area (Å²) >= 11 is 0. The number of hydrogen-bond donors (Lipinski definition) is 2. The van der Waals surface area contributed by atoms with Gasteiger partial charge in [0.1, 0.15) is 5.75 Å². The maximum atomic E-state index is 5.69. The average molecular weight is 222 g/mol. The predicted octanol–water partition coefficient (Wildman–Crippen LogP) is 1.75. The van der Waals surface area contributed by atoms with Crippen molar-refractivity contribution in [3.63, 3.8) is 0 Å². The molecule has 0 radical (unpaired) electrons. The van der Waals surface area contributed by atoms with Gasteiger partial charge in [-0.25, -0.2) is 0 Å². The predicted molar refractivity (Wildman–Crippen MR) is 67.8 cm³/mol. The van der Waals surface area contributed by atoms with E-state index in [0.717, 1.165) is 18.8 Å². The Balaban J connectivity index is 2.70. The summed E-state index contributed by atoms with van der Waals surface area (Å²) < 4.78 is 5.28. The van der Waals surface area contributed by atoms with Crippen molar-refractivity contribution in [1.82, 2.24) is 5.32 Å². The first kappa shape index (κ1) is 13.0. The number of nitrogens with one attached hydrogen (secondary N) is 1. The van der Waals surface area contributed by atoms with Crippen LogP contribution in [0.4, 0.5) is 0 Å². The van der Waals surface area contributed by atoms with E-state index in [0.29, 0.717) is 0 Å². The number of nitrogens with two attached hydrogens (primary N) is 1. The first-order chi connectivity index (χ1) is 7.54. The minimum atomic E-state index is 0.194. The average Bonchev–Trinajstić information content (AvgIpc) is 2.22. The summed E-state index contributed by atoms with van der Waals surface area (Å²) in [4.78, 5) is 0. The van der Waals surface area contributed by atoms with E-state index in [-0.39, 0.29) is 6.04 Å². The van der Waals surface area contributed by atoms with Gasteiger partial charge in [0.15, 0.2) is 0 Å². The van der Waals surface area contributed by atoms with Gasteiger partial charge < -0.3 is 15.8 Å². The standard InChI is InChI=1S/C13H22N2O/c1-9-6-13(16-4)10(2)5-12(9)8-15-7-11(3)14/h5-6,11,15H,7-8,14H2,1-4H3. The second-order valence-corrected chi connectivity index (χ2v) is 4.36. The number of ether oxygens (including phenoxy) is 1. The molecule has 1 rings (SSSR count). The highest BCUT2D eigenvalue weighted by molar-refractivity contribution is 5.41. The molecule has 3 N–H and O–H groups in total. The Hall–Kier alpha value is -1.06. The van der Waals surface area contributed by atoms with Crippen molar-refractivity contribution < 1.29 is 4.74 Å². The second-order valence-electron chi connectivity index (χ2n) is 4.36. The number of aryl methyl sites for hydroxylation is 2. The monoisotopic (exact) mass is 222 g/mol. The van der Waals surface area contributed by atoms with Crippen molar-refractivity contribution in [3.8, 4) is 5.75 Å². The van der Waals surface area contributed by atoms with Gasteiger partial charge in [-0.2, -0.15) is 0 Å². The van der Waals surface area contributed by atoms with E-state index < -0.39 is 0 Å². The van der Waals surface area contributed by atoms with Crippen LogP contribution in [0.3, 0.4) is 0 Å². The highest BCUT2D eigenvalue weighted by Crippen LogP contribution is 2.22. The third kappa shape index (κ3) is 3.51. The zero-order valence-corrected chi connectivity index (χ0v) is 10.6. The first-order valence-corrected chi connectivity index (χ1v) is 5.65. The molecule has 1 aromatic rings. The van der Waals surface area contributed by atoms with Crippen molar-refractivity contribution in [2.45, 2.75) is 33.4 Å². The van der Waals surface area contributed by atoms with E-state index in [1.807, 2.05) is 6.92 Å². The SMILES string of the molecule is COc1cc(C)c(CNCC(C)N)cc1C. The third-order valence-electron chi connectivity index (χ3n) is 2.64. The van der Waals surface area contributed by atoms with Crippen LogP contribution in [0.5, 0.6) is 5.75 Å². The fourth-order valence-corrected chi connectivity index (χ4v) is 1.69. The maximum Gasteiger partial charge on any atom is 0.122 e. The summed E-state index contributed by atoms with van der Waals surface area (Å²) in [6, 6.07) is 4.44. The Morgan fingerprint density at radius 3 is 2.56 bits per heavy atom. The Morgan fingerprint density at radius 1 is 1.31 bits per heavy atom. The van der Waals surface area contributed by atoms with E-state index in [1.165, 1.54) is 16.7 Å². The molecule has 0 aliphatic heterocycles. The Bertz CT molecular complexity index is 348. The van der Waals surface area contributed by atoms with Crippen LogP contribution in [0.2, 0.25) is 0 Å². The second kappa shape index (κ2) is 5.87. The molecule has 0 bridgehead atoms. The molecule has 0 saturated heterocycles. The molecule has 3 nitrogen and oxygen atoms in total. The van der Waals surface area contributed by atoms with E-state index in [1.54, 1.807) is 7.11 Å². The van der Waals surface area contributed by atoms with E-state index >= 15 is 0 Å². The summed E-state index contributed by atoms with van der Waals surface area (Å²) in [7, 11) is 1.70. The highest BCUT2D eigenvalue weighted by Gasteiger charge is 2.04. The number of rotatable bonds is 5. The molecular formula is C13H22N2O. The molecule has 16 heavy (non-hydrogen) atoms. The molecule has 0 fully saturated rings. The highest BCUT2D eigenvalue weighted by atomic mass is 16.5. The fourth-order valence-electron chi connectivity index (χ4n) is 1.69. The zero-order valence-electron chi connectivity index (χ0n) is 10.6. The summed E-state index contributed by atoms with van der Waals surface area (Å²) in [6.07, 6.45) is 0. The normalized spacial score (nSPS) is 12.6. The van der Waals surface area contributed by atoms with Crippen molar-refractivity contribution in [2.75, 3.05) is 13.7 Å². The van der Waals surface area contributed by atoms with Crippen molar-refractivity contribution in [1.29, 1.82) is 0 Å². The molecule has 1 atom stereocenters. The molecule has 1 unspecified atom stereocenters.